The smallest absolute Gasteiger partial charge is 0.300 e. The van der Waals surface area contributed by atoms with Crippen molar-refractivity contribution in [3.8, 4) is 11.1 Å². The summed E-state index contributed by atoms with van der Waals surface area (Å²) in [6.07, 6.45) is 15.2. The normalized spacial score (nSPS) is 16.6. The molecule has 0 saturated carbocycles. The fourth-order valence-corrected chi connectivity index (χ4v) is 9.57. The van der Waals surface area contributed by atoms with Crippen LogP contribution in [0, 0.1) is 20.8 Å². The van der Waals surface area contributed by atoms with Crippen LogP contribution in [0.15, 0.2) is 131 Å². The molecule has 1 unspecified atom stereocenters. The molecule has 0 aromatic heterocycles. The largest absolute Gasteiger partial charge is 0.449 e. The number of ketones is 1. The molecular formula is C59H69BO2. The number of allylic oxidation sites excluding steroid dienone is 13. The van der Waals surface area contributed by atoms with Gasteiger partial charge in [0.2, 0.25) is 0 Å². The molecule has 4 aromatic rings. The van der Waals surface area contributed by atoms with E-state index in [0.717, 1.165) is 86.9 Å². The topological polar surface area (TPSA) is 37.3 Å². The molecule has 0 saturated heterocycles. The lowest BCUT2D eigenvalue weighted by Gasteiger charge is -2.28. The number of unbranched alkanes of at least 4 members (excludes halogenated alkanes) is 1. The lowest BCUT2D eigenvalue weighted by molar-refractivity contribution is -0.113. The second-order valence-electron chi connectivity index (χ2n) is 17.9. The van der Waals surface area contributed by atoms with Crippen molar-refractivity contribution in [2.75, 3.05) is 0 Å². The van der Waals surface area contributed by atoms with Crippen molar-refractivity contribution in [2.45, 2.75) is 122 Å². The van der Waals surface area contributed by atoms with E-state index in [1.807, 2.05) is 26.8 Å². The molecule has 1 atom stereocenters. The number of aryl methyl sites for hydroxylation is 2. The van der Waals surface area contributed by atoms with Crippen LogP contribution in [0.25, 0.3) is 45.2 Å². The highest BCUT2D eigenvalue weighted by molar-refractivity contribution is 6.36. The van der Waals surface area contributed by atoms with Crippen LogP contribution in [-0.2, 0) is 17.6 Å². The molecule has 1 aliphatic rings. The van der Waals surface area contributed by atoms with Gasteiger partial charge in [0, 0.05) is 5.92 Å². The summed E-state index contributed by atoms with van der Waals surface area (Å²) in [7, 11) is -0.111. The minimum atomic E-state index is -0.111. The predicted molar refractivity (Wildman–Crippen MR) is 275 cm³/mol. The third-order valence-electron chi connectivity index (χ3n) is 13.4. The van der Waals surface area contributed by atoms with Gasteiger partial charge in [-0.15, -0.1) is 0 Å². The van der Waals surface area contributed by atoms with Gasteiger partial charge >= 0.3 is 7.48 Å². The highest BCUT2D eigenvalue weighted by Gasteiger charge is 2.28. The number of carbonyl (C=O) groups is 1. The van der Waals surface area contributed by atoms with E-state index in [9.17, 15) is 9.82 Å². The molecule has 3 heteroatoms. The first-order valence-corrected chi connectivity index (χ1v) is 22.4. The second-order valence-corrected chi connectivity index (χ2v) is 17.9. The summed E-state index contributed by atoms with van der Waals surface area (Å²) in [5.74, 6) is 0.158. The molecule has 320 valence electrons. The van der Waals surface area contributed by atoms with Gasteiger partial charge in [-0.05, 0) is 212 Å². The molecular weight excluding hydrogens is 751 g/mol. The van der Waals surface area contributed by atoms with Gasteiger partial charge in [0.1, 0.15) is 0 Å². The van der Waals surface area contributed by atoms with Crippen LogP contribution in [0.4, 0.5) is 0 Å². The number of fused-ring (bicyclic) bond motifs is 2. The summed E-state index contributed by atoms with van der Waals surface area (Å²) in [4.78, 5) is 12.7. The van der Waals surface area contributed by atoms with Crippen LogP contribution in [0.2, 0.25) is 0 Å². The molecule has 2 nitrogen and oxygen atoms in total. The van der Waals surface area contributed by atoms with Gasteiger partial charge in [-0.1, -0.05) is 136 Å². The maximum absolute atomic E-state index is 12.7. The lowest BCUT2D eigenvalue weighted by Crippen LogP contribution is -2.09. The van der Waals surface area contributed by atoms with E-state index >= 15 is 0 Å². The number of Topliss-reactive ketones (excluding diaryl/α,β-unsaturated/α-hetero) is 1. The second kappa shape index (κ2) is 20.1. The lowest BCUT2D eigenvalue weighted by atomic mass is 9.74. The first-order chi connectivity index (χ1) is 29.4. The highest BCUT2D eigenvalue weighted by atomic mass is 16.2. The Balaban J connectivity index is 1.98. The van der Waals surface area contributed by atoms with E-state index in [0.29, 0.717) is 5.57 Å². The SMILES string of the molecule is C=Cc1c(C=C(C)C)c(C(=C)\C(C)=C(C)/C(=C(/C)BO)C(/C)=C(/C)C(C)=O)c2c(CCCC)c(C)c(C)c(C)c2c1C1=C/C(=C)Cc2cccc(-c3ccccc3)c2C(C)/C=C\1. The Morgan fingerprint density at radius 2 is 1.50 bits per heavy atom. The first kappa shape index (κ1) is 47.5. The summed E-state index contributed by atoms with van der Waals surface area (Å²) < 4.78 is 0. The fraction of sp³-hybridized carbons (Fsp3) is 0.305. The third kappa shape index (κ3) is 9.30. The average molecular weight is 821 g/mol. The average Bonchev–Trinajstić information content (AvgIpc) is 3.31. The molecule has 0 fully saturated rings. The standard InChI is InChI=1S/C59H69BO2/c1-17-19-27-51-40(10)37(7)43(13)57-58(49-30-29-36(6)54-48(32-35(5)33-49)26-23-28-52(54)47-24-21-20-22-25-47)50(18-2)53(31-34(3)4)56(59(51)57)42(12)38(8)41(11)55(45(15)60-62)44(14)39(9)46(16)61/h18,20-26,28-31,33,36,60,62H,2,5,12,17,19,27,32H2,1,3-4,6-11,13-16H3/b30-29-,41-38-,44-39-,49-33+,55-45+. The zero-order valence-electron chi connectivity index (χ0n) is 40.1. The van der Waals surface area contributed by atoms with Crippen LogP contribution in [-0.4, -0.2) is 18.3 Å². The van der Waals surface area contributed by atoms with Gasteiger partial charge in [-0.25, -0.2) is 0 Å². The Kier molecular flexibility index (Phi) is 15.4. The quantitative estimate of drug-likeness (QED) is 0.0829. The van der Waals surface area contributed by atoms with Crippen LogP contribution in [0.1, 0.15) is 144 Å². The van der Waals surface area contributed by atoms with Gasteiger partial charge < -0.3 is 5.02 Å². The number of hydrogen-bond acceptors (Lipinski definition) is 2. The van der Waals surface area contributed by atoms with Crippen LogP contribution < -0.4 is 0 Å². The van der Waals surface area contributed by atoms with Crippen molar-refractivity contribution in [3.05, 3.63) is 187 Å². The maximum atomic E-state index is 12.7. The van der Waals surface area contributed by atoms with E-state index in [1.165, 1.54) is 66.4 Å². The monoisotopic (exact) mass is 821 g/mol. The number of rotatable bonds is 13. The van der Waals surface area contributed by atoms with Gasteiger partial charge in [0.15, 0.2) is 5.78 Å². The summed E-state index contributed by atoms with van der Waals surface area (Å²) in [5.41, 5.74) is 24.4. The van der Waals surface area contributed by atoms with Crippen molar-refractivity contribution < 1.29 is 9.82 Å². The molecule has 0 radical (unpaired) electrons. The maximum Gasteiger partial charge on any atom is 0.300 e. The predicted octanol–water partition coefficient (Wildman–Crippen LogP) is 15.6. The first-order valence-electron chi connectivity index (χ1n) is 22.4. The van der Waals surface area contributed by atoms with Crippen molar-refractivity contribution >= 4 is 47.3 Å². The van der Waals surface area contributed by atoms with E-state index in [2.05, 4.69) is 142 Å². The van der Waals surface area contributed by atoms with Crippen LogP contribution in [0.5, 0.6) is 0 Å². The summed E-state index contributed by atoms with van der Waals surface area (Å²) in [5, 5.41) is 13.0. The summed E-state index contributed by atoms with van der Waals surface area (Å²) in [6, 6.07) is 17.4. The Labute approximate surface area is 374 Å². The van der Waals surface area contributed by atoms with E-state index in [-0.39, 0.29) is 19.2 Å². The minimum absolute atomic E-state index is 0.0193. The minimum Gasteiger partial charge on any atom is -0.449 e. The summed E-state index contributed by atoms with van der Waals surface area (Å²) in [6.45, 7) is 41.7. The van der Waals surface area contributed by atoms with E-state index < -0.39 is 0 Å². The summed E-state index contributed by atoms with van der Waals surface area (Å²) >= 11 is 0. The molecule has 0 spiro atoms. The van der Waals surface area contributed by atoms with Crippen molar-refractivity contribution in [2.24, 2.45) is 0 Å². The van der Waals surface area contributed by atoms with Gasteiger partial charge in [-0.3, -0.25) is 4.79 Å². The molecule has 5 rings (SSSR count). The zero-order valence-corrected chi connectivity index (χ0v) is 40.1. The van der Waals surface area contributed by atoms with E-state index in [4.69, 9.17) is 13.2 Å². The van der Waals surface area contributed by atoms with Gasteiger partial charge in [0.25, 0.3) is 0 Å². The zero-order chi connectivity index (χ0) is 45.7. The Hall–Kier alpha value is -5.51. The molecule has 1 aliphatic carbocycles. The molecule has 62 heavy (non-hydrogen) atoms. The van der Waals surface area contributed by atoms with Crippen molar-refractivity contribution in [1.82, 2.24) is 0 Å². The molecule has 4 aromatic carbocycles. The number of carbonyl (C=O) groups excluding carboxylic acids is 1. The van der Waals surface area contributed by atoms with Crippen LogP contribution in [0.3, 0.4) is 0 Å². The Morgan fingerprint density at radius 1 is 0.839 bits per heavy atom. The molecule has 0 aliphatic heterocycles. The third-order valence-corrected chi connectivity index (χ3v) is 13.4. The van der Waals surface area contributed by atoms with E-state index in [1.54, 1.807) is 6.92 Å². The molecule has 0 bridgehead atoms. The van der Waals surface area contributed by atoms with Gasteiger partial charge in [0.05, 0.1) is 0 Å². The van der Waals surface area contributed by atoms with Crippen LogP contribution >= 0.6 is 0 Å². The molecule has 1 N–H and O–H groups in total. The molecule has 0 heterocycles. The Bertz CT molecular complexity index is 2680. The molecule has 0 amide bonds. The number of hydrogen-bond donors (Lipinski definition) is 1. The van der Waals surface area contributed by atoms with Crippen molar-refractivity contribution in [3.63, 3.8) is 0 Å². The fourth-order valence-electron chi connectivity index (χ4n) is 9.57. The number of benzene rings is 4. The van der Waals surface area contributed by atoms with Gasteiger partial charge in [-0.2, -0.15) is 0 Å². The van der Waals surface area contributed by atoms with Crippen molar-refractivity contribution in [1.29, 1.82) is 0 Å². The Morgan fingerprint density at radius 3 is 2.10 bits per heavy atom. The highest BCUT2D eigenvalue weighted by Crippen LogP contribution is 2.48.